The van der Waals surface area contributed by atoms with Crippen LogP contribution in [0.4, 0.5) is 0 Å². The third-order valence-electron chi connectivity index (χ3n) is 2.65. The Morgan fingerprint density at radius 1 is 1.19 bits per heavy atom. The van der Waals surface area contributed by atoms with Crippen LogP contribution in [0.25, 0.3) is 0 Å². The van der Waals surface area contributed by atoms with Crippen molar-refractivity contribution in [3.8, 4) is 0 Å². The first-order chi connectivity index (χ1) is 7.61. The van der Waals surface area contributed by atoms with E-state index in [0.717, 1.165) is 12.8 Å². The van der Waals surface area contributed by atoms with Gasteiger partial charge in [-0.1, -0.05) is 13.3 Å². The van der Waals surface area contributed by atoms with Crippen molar-refractivity contribution in [3.05, 3.63) is 0 Å². The minimum absolute atomic E-state index is 0.384. The second-order valence-electron chi connectivity index (χ2n) is 3.92. The Labute approximate surface area is 94.4 Å². The molecule has 1 fully saturated rings. The van der Waals surface area contributed by atoms with Crippen LogP contribution in [0.15, 0.2) is 0 Å². The van der Waals surface area contributed by atoms with E-state index in [4.69, 9.17) is 14.6 Å². The maximum Gasteiger partial charge on any atom is 0.184 e. The van der Waals surface area contributed by atoms with Crippen molar-refractivity contribution in [1.82, 2.24) is 0 Å². The van der Waals surface area contributed by atoms with Crippen molar-refractivity contribution in [2.45, 2.75) is 50.5 Å². The molecule has 1 saturated heterocycles. The molecule has 6 nitrogen and oxygen atoms in total. The maximum atomic E-state index is 9.68. The summed E-state index contributed by atoms with van der Waals surface area (Å²) in [4.78, 5) is 0. The van der Waals surface area contributed by atoms with E-state index in [1.807, 2.05) is 6.92 Å². The fourth-order valence-electron chi connectivity index (χ4n) is 1.62. The fraction of sp³-hybridized carbons (Fsp3) is 1.00. The molecule has 6 heteroatoms. The Hall–Kier alpha value is -0.240. The van der Waals surface area contributed by atoms with Gasteiger partial charge in [-0.3, -0.25) is 0 Å². The average molecular weight is 236 g/mol. The lowest BCUT2D eigenvalue weighted by molar-refractivity contribution is -0.296. The van der Waals surface area contributed by atoms with Crippen LogP contribution in [0, 0.1) is 0 Å². The van der Waals surface area contributed by atoms with E-state index in [9.17, 15) is 15.3 Å². The summed E-state index contributed by atoms with van der Waals surface area (Å²) >= 11 is 0. The van der Waals surface area contributed by atoms with Gasteiger partial charge in [0.15, 0.2) is 6.29 Å². The van der Waals surface area contributed by atoms with Gasteiger partial charge in [-0.15, -0.1) is 0 Å². The molecule has 0 saturated carbocycles. The highest BCUT2D eigenvalue weighted by molar-refractivity contribution is 4.89. The molecule has 0 aromatic heterocycles. The lowest BCUT2D eigenvalue weighted by Gasteiger charge is -2.39. The number of hydrogen-bond acceptors (Lipinski definition) is 6. The highest BCUT2D eigenvalue weighted by Crippen LogP contribution is 2.22. The summed E-state index contributed by atoms with van der Waals surface area (Å²) < 4.78 is 10.2. The molecule has 0 amide bonds. The molecule has 0 aromatic carbocycles. The van der Waals surface area contributed by atoms with Crippen molar-refractivity contribution in [3.63, 3.8) is 0 Å². The molecule has 0 spiro atoms. The average Bonchev–Trinajstić information content (AvgIpc) is 2.28. The number of rotatable bonds is 5. The lowest BCUT2D eigenvalue weighted by Crippen LogP contribution is -2.59. The summed E-state index contributed by atoms with van der Waals surface area (Å²) in [5.41, 5.74) is 0. The monoisotopic (exact) mass is 236 g/mol. The van der Waals surface area contributed by atoms with Crippen molar-refractivity contribution in [2.75, 3.05) is 13.2 Å². The van der Waals surface area contributed by atoms with E-state index in [0.29, 0.717) is 6.61 Å². The zero-order valence-corrected chi connectivity index (χ0v) is 9.32. The van der Waals surface area contributed by atoms with E-state index in [1.165, 1.54) is 0 Å². The summed E-state index contributed by atoms with van der Waals surface area (Å²) in [6, 6.07) is 0. The Balaban J connectivity index is 2.50. The second-order valence-corrected chi connectivity index (χ2v) is 3.92. The summed E-state index contributed by atoms with van der Waals surface area (Å²) in [5, 5.41) is 37.6. The van der Waals surface area contributed by atoms with Gasteiger partial charge < -0.3 is 29.9 Å². The number of hydrogen-bond donors (Lipinski definition) is 4. The van der Waals surface area contributed by atoms with E-state index in [-0.39, 0.29) is 0 Å². The molecule has 0 radical (unpaired) electrons. The predicted molar refractivity (Wildman–Crippen MR) is 54.6 cm³/mol. The van der Waals surface area contributed by atoms with E-state index in [1.54, 1.807) is 0 Å². The highest BCUT2D eigenvalue weighted by atomic mass is 16.7. The van der Waals surface area contributed by atoms with Crippen molar-refractivity contribution >= 4 is 0 Å². The smallest absolute Gasteiger partial charge is 0.184 e. The van der Waals surface area contributed by atoms with Gasteiger partial charge in [0.25, 0.3) is 0 Å². The molecule has 1 rings (SSSR count). The number of unbranched alkanes of at least 4 members (excludes halogenated alkanes) is 1. The molecular weight excluding hydrogens is 216 g/mol. The van der Waals surface area contributed by atoms with Gasteiger partial charge in [0, 0.05) is 6.61 Å². The van der Waals surface area contributed by atoms with Gasteiger partial charge in [-0.25, -0.2) is 0 Å². The first-order valence-electron chi connectivity index (χ1n) is 5.54. The topological polar surface area (TPSA) is 99.4 Å². The molecule has 16 heavy (non-hydrogen) atoms. The number of ether oxygens (including phenoxy) is 2. The van der Waals surface area contributed by atoms with Crippen LogP contribution in [0.3, 0.4) is 0 Å². The van der Waals surface area contributed by atoms with Crippen LogP contribution < -0.4 is 0 Å². The van der Waals surface area contributed by atoms with Crippen LogP contribution >= 0.6 is 0 Å². The van der Waals surface area contributed by atoms with Crippen LogP contribution in [-0.2, 0) is 9.47 Å². The quantitative estimate of drug-likeness (QED) is 0.438. The van der Waals surface area contributed by atoms with Gasteiger partial charge in [0.2, 0.25) is 0 Å². The minimum atomic E-state index is -1.33. The van der Waals surface area contributed by atoms with E-state index < -0.39 is 37.3 Å². The molecule has 1 heterocycles. The lowest BCUT2D eigenvalue weighted by atomic mass is 9.99. The molecule has 0 aliphatic carbocycles. The molecule has 96 valence electrons. The van der Waals surface area contributed by atoms with Gasteiger partial charge in [0.05, 0.1) is 6.61 Å². The summed E-state index contributed by atoms with van der Waals surface area (Å²) in [6.45, 7) is 1.91. The van der Waals surface area contributed by atoms with Crippen molar-refractivity contribution in [2.24, 2.45) is 0 Å². The Kier molecular flexibility index (Phi) is 5.60. The Morgan fingerprint density at radius 3 is 2.44 bits per heavy atom. The molecule has 1 aliphatic rings. The van der Waals surface area contributed by atoms with Crippen molar-refractivity contribution in [1.29, 1.82) is 0 Å². The number of aliphatic hydroxyl groups is 4. The summed E-state index contributed by atoms with van der Waals surface area (Å²) in [6.07, 6.45) is -4.04. The van der Waals surface area contributed by atoms with Crippen LogP contribution in [0.1, 0.15) is 19.8 Å². The zero-order valence-electron chi connectivity index (χ0n) is 9.32. The molecule has 1 aliphatic heterocycles. The third kappa shape index (κ3) is 3.13. The van der Waals surface area contributed by atoms with Crippen LogP contribution in [0.2, 0.25) is 0 Å². The molecule has 0 aromatic rings. The van der Waals surface area contributed by atoms with Gasteiger partial charge in [-0.05, 0) is 6.42 Å². The first kappa shape index (κ1) is 13.8. The normalized spacial score (nSPS) is 39.9. The largest absolute Gasteiger partial charge is 0.394 e. The van der Waals surface area contributed by atoms with Crippen LogP contribution in [-0.4, -0.2) is 64.3 Å². The second kappa shape index (κ2) is 6.48. The van der Waals surface area contributed by atoms with E-state index >= 15 is 0 Å². The summed E-state index contributed by atoms with van der Waals surface area (Å²) in [5.74, 6) is 0. The van der Waals surface area contributed by atoms with Crippen LogP contribution in [0.5, 0.6) is 0 Å². The standard InChI is InChI=1S/C10H20O6/c1-2-3-4-15-9-8(13)7(12)6(5-11)16-10(9)14/h6-14H,2-5H2,1H3/t6-,7-,8+,9-,10?/m1/s1. The van der Waals surface area contributed by atoms with Gasteiger partial charge in [0.1, 0.15) is 24.4 Å². The molecule has 0 bridgehead atoms. The third-order valence-corrected chi connectivity index (χ3v) is 2.65. The zero-order chi connectivity index (χ0) is 12.1. The van der Waals surface area contributed by atoms with Gasteiger partial charge >= 0.3 is 0 Å². The Morgan fingerprint density at radius 2 is 1.88 bits per heavy atom. The van der Waals surface area contributed by atoms with Gasteiger partial charge in [-0.2, -0.15) is 0 Å². The predicted octanol–water partition coefficient (Wildman–Crippen LogP) is -1.40. The van der Waals surface area contributed by atoms with Crippen molar-refractivity contribution < 1.29 is 29.9 Å². The minimum Gasteiger partial charge on any atom is -0.394 e. The molecular formula is C10H20O6. The fourth-order valence-corrected chi connectivity index (χ4v) is 1.62. The Bertz CT molecular complexity index is 200. The number of aliphatic hydroxyl groups excluding tert-OH is 4. The summed E-state index contributed by atoms with van der Waals surface area (Å²) in [7, 11) is 0. The molecule has 4 N–H and O–H groups in total. The molecule has 5 atom stereocenters. The van der Waals surface area contributed by atoms with E-state index in [2.05, 4.69) is 0 Å². The highest BCUT2D eigenvalue weighted by Gasteiger charge is 2.44. The first-order valence-corrected chi connectivity index (χ1v) is 5.54. The molecule has 1 unspecified atom stereocenters. The SMILES string of the molecule is CCCCO[C@H]1C(O)O[C@H](CO)[C@@H](O)[C@@H]1O. The maximum absolute atomic E-state index is 9.68.